The minimum absolute atomic E-state index is 0. The van der Waals surface area contributed by atoms with E-state index in [2.05, 4.69) is 5.10 Å². The van der Waals surface area contributed by atoms with Crippen molar-refractivity contribution in [2.75, 3.05) is 5.73 Å². The summed E-state index contributed by atoms with van der Waals surface area (Å²) in [5.41, 5.74) is 5.02. The Morgan fingerprint density at radius 2 is 2.18 bits per heavy atom. The molecule has 0 aliphatic heterocycles. The van der Waals surface area contributed by atoms with Crippen LogP contribution in [0, 0.1) is 0 Å². The third-order valence-electron chi connectivity index (χ3n) is 1.25. The lowest BCUT2D eigenvalue weighted by molar-refractivity contribution is 0.152. The molecule has 0 radical (unpaired) electrons. The minimum atomic E-state index is -2.53. The molecule has 3 nitrogen and oxygen atoms in total. The van der Waals surface area contributed by atoms with E-state index in [4.69, 9.17) is 5.73 Å². The first-order chi connectivity index (χ1) is 4.63. The maximum atomic E-state index is 11.9. The number of nitrogens with two attached hydrogens (primary N) is 1. The van der Waals surface area contributed by atoms with Crippen molar-refractivity contribution in [1.82, 2.24) is 9.78 Å². The van der Waals surface area contributed by atoms with Crippen molar-refractivity contribution >= 4 is 18.2 Å². The van der Waals surface area contributed by atoms with Crippen LogP contribution >= 0.6 is 12.4 Å². The molecule has 0 amide bonds. The summed E-state index contributed by atoms with van der Waals surface area (Å²) >= 11 is 0. The standard InChI is InChI=1S/C5H7F2N3.ClH/c1-10-5(8)3(2-9-10)4(6)7;/h2,4H,8H2,1H3;1H. The zero-order chi connectivity index (χ0) is 7.72. The molecule has 0 saturated carbocycles. The van der Waals surface area contributed by atoms with Crippen molar-refractivity contribution in [3.05, 3.63) is 11.8 Å². The quantitative estimate of drug-likeness (QED) is 0.715. The van der Waals surface area contributed by atoms with Gasteiger partial charge in [-0.2, -0.15) is 5.10 Å². The predicted octanol–water partition coefficient (Wildman–Crippen LogP) is 1.36. The van der Waals surface area contributed by atoms with Gasteiger partial charge >= 0.3 is 0 Å². The van der Waals surface area contributed by atoms with Gasteiger partial charge in [-0.15, -0.1) is 12.4 Å². The fraction of sp³-hybridized carbons (Fsp3) is 0.400. The van der Waals surface area contributed by atoms with Gasteiger partial charge in [-0.3, -0.25) is 4.68 Å². The molecule has 2 N–H and O–H groups in total. The first-order valence-corrected chi connectivity index (χ1v) is 2.68. The second-order valence-electron chi connectivity index (χ2n) is 1.91. The van der Waals surface area contributed by atoms with E-state index in [9.17, 15) is 8.78 Å². The molecule has 0 saturated heterocycles. The molecule has 6 heteroatoms. The highest BCUT2D eigenvalue weighted by Gasteiger charge is 2.13. The van der Waals surface area contributed by atoms with Gasteiger partial charge in [0.25, 0.3) is 6.43 Å². The van der Waals surface area contributed by atoms with E-state index in [-0.39, 0.29) is 23.8 Å². The monoisotopic (exact) mass is 183 g/mol. The van der Waals surface area contributed by atoms with Crippen LogP contribution in [0.3, 0.4) is 0 Å². The number of rotatable bonds is 1. The van der Waals surface area contributed by atoms with E-state index in [1.54, 1.807) is 0 Å². The third kappa shape index (κ3) is 1.80. The minimum Gasteiger partial charge on any atom is -0.384 e. The lowest BCUT2D eigenvalue weighted by Gasteiger charge is -1.96. The fourth-order valence-electron chi connectivity index (χ4n) is 0.632. The van der Waals surface area contributed by atoms with Gasteiger partial charge in [-0.05, 0) is 0 Å². The van der Waals surface area contributed by atoms with Crippen LogP contribution in [0.1, 0.15) is 12.0 Å². The summed E-state index contributed by atoms with van der Waals surface area (Å²) in [5.74, 6) is 0.0231. The summed E-state index contributed by atoms with van der Waals surface area (Å²) < 4.78 is 25.0. The molecular weight excluding hydrogens is 176 g/mol. The van der Waals surface area contributed by atoms with Gasteiger partial charge in [0.15, 0.2) is 0 Å². The smallest absolute Gasteiger partial charge is 0.268 e. The summed E-state index contributed by atoms with van der Waals surface area (Å²) in [4.78, 5) is 0. The van der Waals surface area contributed by atoms with Gasteiger partial charge in [0.2, 0.25) is 0 Å². The highest BCUT2D eigenvalue weighted by atomic mass is 35.5. The van der Waals surface area contributed by atoms with Gasteiger partial charge in [0.1, 0.15) is 5.82 Å². The summed E-state index contributed by atoms with van der Waals surface area (Å²) in [6.07, 6.45) is -1.46. The van der Waals surface area contributed by atoms with Crippen molar-refractivity contribution in [3.63, 3.8) is 0 Å². The first-order valence-electron chi connectivity index (χ1n) is 2.68. The molecule has 0 fully saturated rings. The molecule has 0 unspecified atom stereocenters. The molecule has 0 spiro atoms. The second-order valence-corrected chi connectivity index (χ2v) is 1.91. The zero-order valence-electron chi connectivity index (χ0n) is 5.79. The maximum absolute atomic E-state index is 11.9. The molecule has 0 aliphatic rings. The topological polar surface area (TPSA) is 43.8 Å². The van der Waals surface area contributed by atoms with Crippen molar-refractivity contribution in [2.45, 2.75) is 6.43 Å². The average Bonchev–Trinajstić information content (AvgIpc) is 2.14. The molecule has 1 rings (SSSR count). The van der Waals surface area contributed by atoms with Crippen LogP contribution in [0.5, 0.6) is 0 Å². The molecule has 1 aromatic heterocycles. The van der Waals surface area contributed by atoms with Crippen molar-refractivity contribution in [1.29, 1.82) is 0 Å². The normalized spacial score (nSPS) is 9.82. The molecule has 0 atom stereocenters. The number of anilines is 1. The Balaban J connectivity index is 0.000001000. The van der Waals surface area contributed by atoms with Crippen LogP contribution in [0.2, 0.25) is 0 Å². The van der Waals surface area contributed by atoms with Crippen molar-refractivity contribution in [3.8, 4) is 0 Å². The van der Waals surface area contributed by atoms with Gasteiger partial charge in [-0.1, -0.05) is 0 Å². The van der Waals surface area contributed by atoms with E-state index >= 15 is 0 Å². The van der Waals surface area contributed by atoms with Crippen LogP contribution in [0.4, 0.5) is 14.6 Å². The highest BCUT2D eigenvalue weighted by Crippen LogP contribution is 2.23. The van der Waals surface area contributed by atoms with Crippen LogP contribution in [0.25, 0.3) is 0 Å². The number of aryl methyl sites for hydroxylation is 1. The molecular formula is C5H8ClF2N3. The Bertz CT molecular complexity index is 236. The van der Waals surface area contributed by atoms with Crippen LogP contribution in [-0.2, 0) is 7.05 Å². The number of nitrogens with zero attached hydrogens (tertiary/aromatic N) is 2. The Labute approximate surface area is 68.6 Å². The molecule has 1 aromatic rings. The average molecular weight is 184 g/mol. The summed E-state index contributed by atoms with van der Waals surface area (Å²) in [7, 11) is 1.52. The lowest BCUT2D eigenvalue weighted by atomic mass is 10.3. The summed E-state index contributed by atoms with van der Waals surface area (Å²) in [5, 5.41) is 3.55. The van der Waals surface area contributed by atoms with Crippen LogP contribution < -0.4 is 5.73 Å². The Morgan fingerprint density at radius 3 is 2.36 bits per heavy atom. The Hall–Kier alpha value is -0.840. The van der Waals surface area contributed by atoms with Gasteiger partial charge in [0.05, 0.1) is 11.8 Å². The molecule has 11 heavy (non-hydrogen) atoms. The number of hydrogen-bond donors (Lipinski definition) is 1. The highest BCUT2D eigenvalue weighted by molar-refractivity contribution is 5.85. The third-order valence-corrected chi connectivity index (χ3v) is 1.25. The summed E-state index contributed by atoms with van der Waals surface area (Å²) in [6.45, 7) is 0. The van der Waals surface area contributed by atoms with E-state index in [0.717, 1.165) is 6.20 Å². The number of halogens is 3. The number of nitrogen functional groups attached to an aromatic ring is 1. The maximum Gasteiger partial charge on any atom is 0.268 e. The number of hydrogen-bond acceptors (Lipinski definition) is 2. The first kappa shape index (κ1) is 10.2. The molecule has 64 valence electrons. The zero-order valence-corrected chi connectivity index (χ0v) is 6.61. The predicted molar refractivity (Wildman–Crippen MR) is 39.8 cm³/mol. The Kier molecular flexibility index (Phi) is 3.25. The molecule has 0 aliphatic carbocycles. The Morgan fingerprint density at radius 1 is 1.64 bits per heavy atom. The van der Waals surface area contributed by atoms with Gasteiger partial charge in [-0.25, -0.2) is 8.78 Å². The lowest BCUT2D eigenvalue weighted by Crippen LogP contribution is -1.99. The van der Waals surface area contributed by atoms with Crippen LogP contribution in [-0.4, -0.2) is 9.78 Å². The van der Waals surface area contributed by atoms with Crippen molar-refractivity contribution < 1.29 is 8.78 Å². The van der Waals surface area contributed by atoms with E-state index in [0.29, 0.717) is 0 Å². The largest absolute Gasteiger partial charge is 0.384 e. The summed E-state index contributed by atoms with van der Waals surface area (Å²) in [6, 6.07) is 0. The number of aromatic nitrogens is 2. The molecule has 1 heterocycles. The SMILES string of the molecule is Cl.Cn1ncc(C(F)F)c1N. The van der Waals surface area contributed by atoms with E-state index < -0.39 is 6.43 Å². The number of alkyl halides is 2. The van der Waals surface area contributed by atoms with Crippen molar-refractivity contribution in [2.24, 2.45) is 7.05 Å². The van der Waals surface area contributed by atoms with E-state index in [1.165, 1.54) is 11.7 Å². The fourth-order valence-corrected chi connectivity index (χ4v) is 0.632. The second kappa shape index (κ2) is 3.52. The van der Waals surface area contributed by atoms with E-state index in [1.807, 2.05) is 0 Å². The van der Waals surface area contributed by atoms with Gasteiger partial charge < -0.3 is 5.73 Å². The molecule has 0 aromatic carbocycles. The van der Waals surface area contributed by atoms with Gasteiger partial charge in [0, 0.05) is 7.05 Å². The molecule has 0 bridgehead atoms. The van der Waals surface area contributed by atoms with Crippen LogP contribution in [0.15, 0.2) is 6.20 Å².